The van der Waals surface area contributed by atoms with Gasteiger partial charge < -0.3 is 15.3 Å². The van der Waals surface area contributed by atoms with Crippen molar-refractivity contribution >= 4 is 12.2 Å². The molecule has 0 heterocycles. The Morgan fingerprint density at radius 3 is 2.12 bits per heavy atom. The van der Waals surface area contributed by atoms with E-state index in [2.05, 4.69) is 0 Å². The summed E-state index contributed by atoms with van der Waals surface area (Å²) in [5.41, 5.74) is 1.26. The van der Waals surface area contributed by atoms with E-state index in [1.54, 1.807) is 36.4 Å². The zero-order chi connectivity index (χ0) is 13.1. The first-order chi connectivity index (χ1) is 8.56. The van der Waals surface area contributed by atoms with Crippen molar-refractivity contribution in [3.05, 3.63) is 53.6 Å². The van der Waals surface area contributed by atoms with E-state index >= 15 is 0 Å². The second kappa shape index (κ2) is 4.61. The van der Waals surface area contributed by atoms with Crippen LogP contribution >= 0.6 is 0 Å². The highest BCUT2D eigenvalue weighted by Gasteiger charge is 1.95. The van der Waals surface area contributed by atoms with Gasteiger partial charge in [-0.1, -0.05) is 24.3 Å². The molecule has 3 nitrogen and oxygen atoms in total. The number of hydrogen-bond acceptors (Lipinski definition) is 3. The number of hydrogen-bond donors (Lipinski definition) is 3. The highest BCUT2D eigenvalue weighted by molar-refractivity contribution is 5.71. The average molecular weight is 229 g/mol. The molecule has 0 aromatic heterocycles. The quantitative estimate of drug-likeness (QED) is 0.694. The van der Waals surface area contributed by atoms with Gasteiger partial charge in [0.1, 0.15) is 17.2 Å². The summed E-state index contributed by atoms with van der Waals surface area (Å²) in [4.78, 5) is 0. The second-order valence-electron chi connectivity index (χ2n) is 3.60. The van der Waals surface area contributed by atoms with Gasteiger partial charge in [-0.2, -0.15) is 0 Å². The van der Waals surface area contributed by atoms with E-state index in [1.807, 2.05) is 0 Å². The Balaban J connectivity index is 2.31. The Morgan fingerprint density at radius 1 is 0.765 bits per heavy atom. The van der Waals surface area contributed by atoms with Crippen molar-refractivity contribution in [2.24, 2.45) is 0 Å². The summed E-state index contributed by atoms with van der Waals surface area (Å²) in [5.74, 6) is -0.169. The zero-order valence-electron chi connectivity index (χ0n) is 9.96. The smallest absolute Gasteiger partial charge is 0.119 e. The molecular formula is C14H12O3. The molecule has 2 aromatic carbocycles. The largest absolute Gasteiger partial charge is 0.508 e. The molecule has 3 heteroatoms. The molecule has 0 spiro atoms. The van der Waals surface area contributed by atoms with Crippen molar-refractivity contribution < 1.29 is 16.7 Å². The third kappa shape index (κ3) is 3.01. The minimum atomic E-state index is -0.264. The van der Waals surface area contributed by atoms with Crippen LogP contribution in [0.4, 0.5) is 0 Å². The van der Waals surface area contributed by atoms with Gasteiger partial charge in [-0.3, -0.25) is 0 Å². The van der Waals surface area contributed by atoms with E-state index < -0.39 is 0 Å². The van der Waals surface area contributed by atoms with Crippen molar-refractivity contribution in [3.63, 3.8) is 0 Å². The topological polar surface area (TPSA) is 60.7 Å². The first-order valence-electron chi connectivity index (χ1n) is 5.56. The summed E-state index contributed by atoms with van der Waals surface area (Å²) in [6.07, 6.45) is 3.35. The van der Waals surface area contributed by atoms with Gasteiger partial charge in [0.25, 0.3) is 0 Å². The first kappa shape index (κ1) is 9.78. The first-order valence-corrected chi connectivity index (χ1v) is 5.06. The molecule has 0 aliphatic rings. The van der Waals surface area contributed by atoms with Crippen LogP contribution in [0.1, 0.15) is 12.5 Å². The van der Waals surface area contributed by atoms with Crippen molar-refractivity contribution in [2.45, 2.75) is 0 Å². The van der Waals surface area contributed by atoms with Gasteiger partial charge in [0, 0.05) is 6.07 Å². The summed E-state index contributed by atoms with van der Waals surface area (Å²) in [6.45, 7) is 0. The van der Waals surface area contributed by atoms with E-state index in [-0.39, 0.29) is 23.3 Å². The van der Waals surface area contributed by atoms with Gasteiger partial charge in [-0.25, -0.2) is 0 Å². The molecule has 2 aromatic rings. The van der Waals surface area contributed by atoms with Gasteiger partial charge in [0.15, 0.2) is 0 Å². The minimum absolute atomic E-state index is 0.0390. The number of rotatable bonds is 2. The third-order valence-corrected chi connectivity index (χ3v) is 2.21. The lowest BCUT2D eigenvalue weighted by atomic mass is 10.1. The fraction of sp³-hybridized carbons (Fsp3) is 0. The lowest BCUT2D eigenvalue weighted by molar-refractivity contribution is 0.450. The Morgan fingerprint density at radius 2 is 1.41 bits per heavy atom. The molecule has 0 radical (unpaired) electrons. The molecule has 0 atom stereocenters. The van der Waals surface area contributed by atoms with Crippen LogP contribution < -0.4 is 0 Å². The van der Waals surface area contributed by atoms with E-state index in [0.29, 0.717) is 5.56 Å². The highest BCUT2D eigenvalue weighted by atomic mass is 16.3. The van der Waals surface area contributed by atoms with Crippen molar-refractivity contribution in [1.29, 1.82) is 0 Å². The molecule has 0 aliphatic heterocycles. The van der Waals surface area contributed by atoms with E-state index in [4.69, 9.17) is 6.48 Å². The summed E-state index contributed by atoms with van der Waals surface area (Å²) in [7, 11) is 0. The van der Waals surface area contributed by atoms with Crippen LogP contribution in [0.5, 0.6) is 17.2 Å². The fourth-order valence-electron chi connectivity index (χ4n) is 1.42. The summed E-state index contributed by atoms with van der Waals surface area (Å²) in [6, 6.07) is 9.04. The van der Waals surface area contributed by atoms with E-state index in [0.717, 1.165) is 11.6 Å². The second-order valence-corrected chi connectivity index (χ2v) is 3.60. The molecule has 0 bridgehead atoms. The molecule has 17 heavy (non-hydrogen) atoms. The molecule has 86 valence electrons. The van der Waals surface area contributed by atoms with Crippen LogP contribution in [0.15, 0.2) is 42.4 Å². The van der Waals surface area contributed by atoms with Crippen molar-refractivity contribution in [1.82, 2.24) is 0 Å². The molecule has 0 amide bonds. The minimum Gasteiger partial charge on any atom is -0.508 e. The molecule has 3 N–H and O–H groups in total. The van der Waals surface area contributed by atoms with Crippen LogP contribution in [0.2, 0.25) is 0 Å². The van der Waals surface area contributed by atoms with Gasteiger partial charge >= 0.3 is 0 Å². The maximum Gasteiger partial charge on any atom is 0.119 e. The third-order valence-electron chi connectivity index (χ3n) is 2.21. The van der Waals surface area contributed by atoms with E-state index in [1.165, 1.54) is 6.07 Å². The lowest BCUT2D eigenvalue weighted by Crippen LogP contribution is -1.74. The number of benzene rings is 2. The van der Waals surface area contributed by atoms with Gasteiger partial charge in [-0.15, -0.1) is 0 Å². The van der Waals surface area contributed by atoms with Crippen LogP contribution in [-0.4, -0.2) is 15.3 Å². The molecule has 0 saturated carbocycles. The molecule has 2 rings (SSSR count). The summed E-state index contributed by atoms with van der Waals surface area (Å²) < 4.78 is 7.64. The Hall–Kier alpha value is -2.42. The molecule has 0 aliphatic carbocycles. The Bertz CT molecular complexity index is 589. The predicted octanol–water partition coefficient (Wildman–Crippen LogP) is 2.97. The predicted molar refractivity (Wildman–Crippen MR) is 66.8 cm³/mol. The van der Waals surface area contributed by atoms with Crippen LogP contribution in [0.25, 0.3) is 12.2 Å². The molecule has 0 unspecified atom stereocenters. The maximum absolute atomic E-state index is 9.40. The van der Waals surface area contributed by atoms with Gasteiger partial charge in [0.2, 0.25) is 0 Å². The highest BCUT2D eigenvalue weighted by Crippen LogP contribution is 2.22. The monoisotopic (exact) mass is 229 g/mol. The lowest BCUT2D eigenvalue weighted by Gasteiger charge is -1.98. The summed E-state index contributed by atoms with van der Waals surface area (Å²) >= 11 is 0. The average Bonchev–Trinajstić information content (AvgIpc) is 2.34. The van der Waals surface area contributed by atoms with Crippen LogP contribution in [0, 0.1) is 0 Å². The van der Waals surface area contributed by atoms with Crippen molar-refractivity contribution in [3.8, 4) is 17.2 Å². The molecule has 0 saturated heterocycles. The Kier molecular flexibility index (Phi) is 2.66. The SMILES string of the molecule is [2H]c1c(O)cc(O)cc1/C=C/c1ccc(O)cc1. The fourth-order valence-corrected chi connectivity index (χ4v) is 1.42. The van der Waals surface area contributed by atoms with Gasteiger partial charge in [0.05, 0.1) is 1.37 Å². The molecule has 0 fully saturated rings. The van der Waals surface area contributed by atoms with Crippen molar-refractivity contribution in [2.75, 3.05) is 0 Å². The van der Waals surface area contributed by atoms with E-state index in [9.17, 15) is 10.2 Å². The van der Waals surface area contributed by atoms with Crippen LogP contribution in [0.3, 0.4) is 0 Å². The maximum atomic E-state index is 9.40. The standard InChI is InChI=1S/C14H12O3/c15-12-5-3-10(4-6-12)1-2-11-7-13(16)9-14(17)8-11/h1-9,15-17H/b2-1+/i7D. The van der Waals surface area contributed by atoms with Gasteiger partial charge in [-0.05, 0) is 35.4 Å². The molecular weight excluding hydrogens is 216 g/mol. The number of phenolic OH excluding ortho intramolecular Hbond substituents is 3. The zero-order valence-corrected chi connectivity index (χ0v) is 8.96. The van der Waals surface area contributed by atoms with Crippen LogP contribution in [-0.2, 0) is 0 Å². The normalized spacial score (nSPS) is 11.6. The Labute approximate surface area is 100 Å². The summed E-state index contributed by atoms with van der Waals surface area (Å²) in [5, 5.41) is 27.9. The number of aromatic hydroxyl groups is 3. The number of phenols is 3.